The first-order chi connectivity index (χ1) is 11.6. The van der Waals surface area contributed by atoms with Crippen molar-refractivity contribution in [3.05, 3.63) is 59.2 Å². The van der Waals surface area contributed by atoms with E-state index in [2.05, 4.69) is 11.4 Å². The van der Waals surface area contributed by atoms with Gasteiger partial charge in [0.1, 0.15) is 0 Å². The summed E-state index contributed by atoms with van der Waals surface area (Å²) in [5, 5.41) is 3.29. The van der Waals surface area contributed by atoms with E-state index in [1.807, 2.05) is 43.3 Å². The fourth-order valence-electron chi connectivity index (χ4n) is 3.22. The SMILES string of the molecule is CC(=O)N(C(=O)CCc1cccc(C)c1)c1cccc2c1NCC2. The number of carbonyl (C=O) groups excluding carboxylic acids is 2. The van der Waals surface area contributed by atoms with Gasteiger partial charge in [0.15, 0.2) is 0 Å². The molecule has 0 radical (unpaired) electrons. The quantitative estimate of drug-likeness (QED) is 0.937. The lowest BCUT2D eigenvalue weighted by Gasteiger charge is -2.22. The van der Waals surface area contributed by atoms with Crippen molar-refractivity contribution in [1.82, 2.24) is 0 Å². The van der Waals surface area contributed by atoms with Gasteiger partial charge in [-0.25, -0.2) is 4.90 Å². The van der Waals surface area contributed by atoms with E-state index in [4.69, 9.17) is 0 Å². The number of carbonyl (C=O) groups is 2. The van der Waals surface area contributed by atoms with Gasteiger partial charge in [-0.2, -0.15) is 0 Å². The smallest absolute Gasteiger partial charge is 0.234 e. The van der Waals surface area contributed by atoms with Gasteiger partial charge in [-0.05, 0) is 37.0 Å². The number of fused-ring (bicyclic) bond motifs is 1. The maximum atomic E-state index is 12.7. The Hall–Kier alpha value is -2.62. The first kappa shape index (κ1) is 16.2. The molecule has 2 aromatic carbocycles. The van der Waals surface area contributed by atoms with Crippen molar-refractivity contribution in [1.29, 1.82) is 0 Å². The van der Waals surface area contributed by atoms with Crippen molar-refractivity contribution in [2.45, 2.75) is 33.1 Å². The van der Waals surface area contributed by atoms with Gasteiger partial charge in [0, 0.05) is 19.9 Å². The Bertz CT molecular complexity index is 783. The minimum Gasteiger partial charge on any atom is -0.383 e. The van der Waals surface area contributed by atoms with Crippen LogP contribution in [0.5, 0.6) is 0 Å². The molecule has 24 heavy (non-hydrogen) atoms. The molecule has 0 fully saturated rings. The Morgan fingerprint density at radius 3 is 2.71 bits per heavy atom. The van der Waals surface area contributed by atoms with E-state index in [0.717, 1.165) is 29.8 Å². The summed E-state index contributed by atoms with van der Waals surface area (Å²) in [6.45, 7) is 4.32. The van der Waals surface area contributed by atoms with Gasteiger partial charge in [0.05, 0.1) is 11.4 Å². The van der Waals surface area contributed by atoms with E-state index in [0.29, 0.717) is 18.5 Å². The van der Waals surface area contributed by atoms with Gasteiger partial charge >= 0.3 is 0 Å². The van der Waals surface area contributed by atoms with Crippen LogP contribution >= 0.6 is 0 Å². The highest BCUT2D eigenvalue weighted by atomic mass is 16.2. The number of aryl methyl sites for hydroxylation is 2. The van der Waals surface area contributed by atoms with Crippen LogP contribution in [0.25, 0.3) is 0 Å². The second-order valence-electron chi connectivity index (χ2n) is 6.23. The molecule has 4 heteroatoms. The molecule has 0 saturated heterocycles. The van der Waals surface area contributed by atoms with Crippen molar-refractivity contribution in [2.75, 3.05) is 16.8 Å². The third-order valence-electron chi connectivity index (χ3n) is 4.34. The Balaban J connectivity index is 1.80. The van der Waals surface area contributed by atoms with E-state index in [9.17, 15) is 9.59 Å². The standard InChI is InChI=1S/C20H22N2O2/c1-14-5-3-6-16(13-14)9-10-19(24)22(15(2)23)18-8-4-7-17-11-12-21-20(17)18/h3-8,13,21H,9-12H2,1-2H3. The van der Waals surface area contributed by atoms with Crippen molar-refractivity contribution in [3.63, 3.8) is 0 Å². The zero-order chi connectivity index (χ0) is 17.1. The number of imide groups is 1. The monoisotopic (exact) mass is 322 g/mol. The molecule has 0 aliphatic carbocycles. The number of anilines is 2. The Morgan fingerprint density at radius 2 is 1.96 bits per heavy atom. The summed E-state index contributed by atoms with van der Waals surface area (Å²) in [6, 6.07) is 13.9. The maximum absolute atomic E-state index is 12.7. The van der Waals surface area contributed by atoms with Crippen LogP contribution in [0.2, 0.25) is 0 Å². The average Bonchev–Trinajstić information content (AvgIpc) is 3.02. The number of hydrogen-bond donors (Lipinski definition) is 1. The van der Waals surface area contributed by atoms with Crippen molar-refractivity contribution in [2.24, 2.45) is 0 Å². The van der Waals surface area contributed by atoms with E-state index in [-0.39, 0.29) is 11.8 Å². The summed E-state index contributed by atoms with van der Waals surface area (Å²) >= 11 is 0. The van der Waals surface area contributed by atoms with E-state index in [1.165, 1.54) is 17.4 Å². The first-order valence-electron chi connectivity index (χ1n) is 8.31. The van der Waals surface area contributed by atoms with Gasteiger partial charge in [-0.1, -0.05) is 42.0 Å². The molecule has 2 aromatic rings. The van der Waals surface area contributed by atoms with Crippen molar-refractivity contribution >= 4 is 23.2 Å². The lowest BCUT2D eigenvalue weighted by atomic mass is 10.1. The number of para-hydroxylation sites is 1. The van der Waals surface area contributed by atoms with E-state index < -0.39 is 0 Å². The highest BCUT2D eigenvalue weighted by Crippen LogP contribution is 2.34. The van der Waals surface area contributed by atoms with Crippen LogP contribution in [0, 0.1) is 6.92 Å². The number of nitrogens with one attached hydrogen (secondary N) is 1. The molecule has 3 rings (SSSR count). The van der Waals surface area contributed by atoms with Crippen LogP contribution in [-0.4, -0.2) is 18.4 Å². The van der Waals surface area contributed by atoms with E-state index >= 15 is 0 Å². The summed E-state index contributed by atoms with van der Waals surface area (Å²) < 4.78 is 0. The van der Waals surface area contributed by atoms with Crippen LogP contribution in [0.15, 0.2) is 42.5 Å². The summed E-state index contributed by atoms with van der Waals surface area (Å²) in [6.07, 6.45) is 1.87. The summed E-state index contributed by atoms with van der Waals surface area (Å²) in [4.78, 5) is 26.2. The molecular weight excluding hydrogens is 300 g/mol. The molecule has 1 heterocycles. The molecule has 0 unspecified atom stereocenters. The summed E-state index contributed by atoms with van der Waals surface area (Å²) in [7, 11) is 0. The number of nitrogens with zero attached hydrogens (tertiary/aromatic N) is 1. The molecule has 0 spiro atoms. The Morgan fingerprint density at radius 1 is 1.17 bits per heavy atom. The third kappa shape index (κ3) is 3.32. The molecule has 1 N–H and O–H groups in total. The Kier molecular flexibility index (Phi) is 4.65. The predicted octanol–water partition coefficient (Wildman–Crippen LogP) is 3.48. The lowest BCUT2D eigenvalue weighted by Crippen LogP contribution is -2.35. The molecule has 1 aliphatic rings. The number of benzene rings is 2. The van der Waals surface area contributed by atoms with Crippen molar-refractivity contribution in [3.8, 4) is 0 Å². The minimum absolute atomic E-state index is 0.161. The molecule has 124 valence electrons. The molecule has 0 atom stereocenters. The molecule has 0 aromatic heterocycles. The zero-order valence-electron chi connectivity index (χ0n) is 14.1. The highest BCUT2D eigenvalue weighted by Gasteiger charge is 2.25. The highest BCUT2D eigenvalue weighted by molar-refractivity contribution is 6.16. The van der Waals surface area contributed by atoms with Gasteiger partial charge < -0.3 is 5.32 Å². The number of amides is 2. The van der Waals surface area contributed by atoms with Gasteiger partial charge in [0.25, 0.3) is 0 Å². The fourth-order valence-corrected chi connectivity index (χ4v) is 3.22. The molecule has 1 aliphatic heterocycles. The van der Waals surface area contributed by atoms with Gasteiger partial charge in [-0.3, -0.25) is 9.59 Å². The average molecular weight is 322 g/mol. The van der Waals surface area contributed by atoms with Crippen LogP contribution < -0.4 is 10.2 Å². The van der Waals surface area contributed by atoms with Crippen LogP contribution in [0.3, 0.4) is 0 Å². The van der Waals surface area contributed by atoms with Gasteiger partial charge in [0.2, 0.25) is 11.8 Å². The van der Waals surface area contributed by atoms with E-state index in [1.54, 1.807) is 0 Å². The third-order valence-corrected chi connectivity index (χ3v) is 4.34. The normalized spacial score (nSPS) is 12.4. The van der Waals surface area contributed by atoms with Gasteiger partial charge in [-0.15, -0.1) is 0 Å². The molecule has 0 bridgehead atoms. The second kappa shape index (κ2) is 6.87. The number of rotatable bonds is 4. The fraction of sp³-hybridized carbons (Fsp3) is 0.300. The maximum Gasteiger partial charge on any atom is 0.234 e. The molecule has 2 amide bonds. The summed E-state index contributed by atoms with van der Waals surface area (Å²) in [5.74, 6) is -0.405. The zero-order valence-corrected chi connectivity index (χ0v) is 14.1. The van der Waals surface area contributed by atoms with Crippen molar-refractivity contribution < 1.29 is 9.59 Å². The molecular formula is C20H22N2O2. The Labute approximate surface area is 142 Å². The first-order valence-corrected chi connectivity index (χ1v) is 8.31. The van der Waals surface area contributed by atoms with Crippen LogP contribution in [0.1, 0.15) is 30.0 Å². The molecule has 4 nitrogen and oxygen atoms in total. The minimum atomic E-state index is -0.244. The molecule has 0 saturated carbocycles. The second-order valence-corrected chi connectivity index (χ2v) is 6.23. The lowest BCUT2D eigenvalue weighted by molar-refractivity contribution is -0.125. The number of hydrogen-bond acceptors (Lipinski definition) is 3. The van der Waals surface area contributed by atoms with Crippen LogP contribution in [0.4, 0.5) is 11.4 Å². The topological polar surface area (TPSA) is 49.4 Å². The largest absolute Gasteiger partial charge is 0.383 e. The summed E-state index contributed by atoms with van der Waals surface area (Å²) in [5.41, 5.74) is 5.03. The van der Waals surface area contributed by atoms with Crippen LogP contribution in [-0.2, 0) is 22.4 Å². The predicted molar refractivity (Wildman–Crippen MR) is 96.3 cm³/mol.